The number of halogens is 1. The Kier molecular flexibility index (Phi) is 4.58. The van der Waals surface area contributed by atoms with Gasteiger partial charge in [0.05, 0.1) is 9.82 Å². The third kappa shape index (κ3) is 3.21. The molecule has 2 rings (SSSR count). The molecule has 116 valence electrons. The summed E-state index contributed by atoms with van der Waals surface area (Å²) in [5.41, 5.74) is -0.826. The SMILES string of the molecule is CN(C1CCCCC1)S(=O)(=O)c1ccc(F)c([N+](=O)[O-])c1. The molecule has 0 bridgehead atoms. The van der Waals surface area contributed by atoms with Gasteiger partial charge in [0.2, 0.25) is 15.8 Å². The molecule has 0 heterocycles. The summed E-state index contributed by atoms with van der Waals surface area (Å²) in [6.45, 7) is 0. The number of nitro benzene ring substituents is 1. The number of benzene rings is 1. The molecular weight excluding hydrogens is 299 g/mol. The van der Waals surface area contributed by atoms with Crippen molar-refractivity contribution in [3.05, 3.63) is 34.1 Å². The zero-order valence-corrected chi connectivity index (χ0v) is 12.5. The van der Waals surface area contributed by atoms with Crippen LogP contribution < -0.4 is 0 Å². The molecule has 1 aliphatic carbocycles. The summed E-state index contributed by atoms with van der Waals surface area (Å²) in [5, 5.41) is 10.7. The van der Waals surface area contributed by atoms with E-state index < -0.39 is 26.5 Å². The second kappa shape index (κ2) is 6.07. The number of hydrogen-bond acceptors (Lipinski definition) is 4. The first-order valence-electron chi connectivity index (χ1n) is 6.76. The first kappa shape index (κ1) is 15.8. The van der Waals surface area contributed by atoms with Crippen molar-refractivity contribution in [1.82, 2.24) is 4.31 Å². The lowest BCUT2D eigenvalue weighted by atomic mass is 9.96. The molecule has 1 aliphatic rings. The Morgan fingerprint density at radius 3 is 2.48 bits per heavy atom. The van der Waals surface area contributed by atoms with E-state index in [-0.39, 0.29) is 10.9 Å². The molecule has 0 saturated heterocycles. The maximum Gasteiger partial charge on any atom is 0.306 e. The molecule has 0 atom stereocenters. The van der Waals surface area contributed by atoms with Crippen molar-refractivity contribution in [3.8, 4) is 0 Å². The Morgan fingerprint density at radius 2 is 1.90 bits per heavy atom. The van der Waals surface area contributed by atoms with Crippen molar-refractivity contribution < 1.29 is 17.7 Å². The predicted octanol–water partition coefficient (Wildman–Crippen LogP) is 2.69. The minimum absolute atomic E-state index is 0.104. The van der Waals surface area contributed by atoms with Gasteiger partial charge in [-0.2, -0.15) is 8.70 Å². The molecule has 0 amide bonds. The van der Waals surface area contributed by atoms with Gasteiger partial charge in [0.25, 0.3) is 0 Å². The van der Waals surface area contributed by atoms with Crippen molar-refractivity contribution in [2.24, 2.45) is 0 Å². The Balaban J connectivity index is 2.34. The maximum absolute atomic E-state index is 13.3. The van der Waals surface area contributed by atoms with E-state index in [4.69, 9.17) is 0 Å². The summed E-state index contributed by atoms with van der Waals surface area (Å²) in [7, 11) is -2.38. The summed E-state index contributed by atoms with van der Waals surface area (Å²) in [4.78, 5) is 9.56. The van der Waals surface area contributed by atoms with Gasteiger partial charge < -0.3 is 0 Å². The van der Waals surface area contributed by atoms with Crippen molar-refractivity contribution in [1.29, 1.82) is 0 Å². The quantitative estimate of drug-likeness (QED) is 0.632. The molecule has 0 spiro atoms. The van der Waals surface area contributed by atoms with Gasteiger partial charge in [-0.05, 0) is 25.0 Å². The van der Waals surface area contributed by atoms with Gasteiger partial charge in [-0.25, -0.2) is 8.42 Å². The van der Waals surface area contributed by atoms with Gasteiger partial charge in [-0.3, -0.25) is 10.1 Å². The average molecular weight is 316 g/mol. The van der Waals surface area contributed by atoms with Crippen LogP contribution in [0.25, 0.3) is 0 Å². The predicted molar refractivity (Wildman–Crippen MR) is 74.9 cm³/mol. The van der Waals surface area contributed by atoms with Crippen LogP contribution in [0.3, 0.4) is 0 Å². The second-order valence-corrected chi connectivity index (χ2v) is 7.18. The summed E-state index contributed by atoms with van der Waals surface area (Å²) in [6, 6.07) is 2.56. The molecule has 0 N–H and O–H groups in total. The molecular formula is C13H17FN2O4S. The van der Waals surface area contributed by atoms with Crippen LogP contribution in [-0.2, 0) is 10.0 Å². The van der Waals surface area contributed by atoms with Crippen LogP contribution in [0, 0.1) is 15.9 Å². The molecule has 6 nitrogen and oxygen atoms in total. The standard InChI is InChI=1S/C13H17FN2O4S/c1-15(10-5-3-2-4-6-10)21(19,20)11-7-8-12(14)13(9-11)16(17)18/h7-10H,2-6H2,1H3. The van der Waals surface area contributed by atoms with Crippen molar-refractivity contribution >= 4 is 15.7 Å². The van der Waals surface area contributed by atoms with E-state index in [0.29, 0.717) is 0 Å². The smallest absolute Gasteiger partial charge is 0.258 e. The van der Waals surface area contributed by atoms with Gasteiger partial charge >= 0.3 is 5.69 Å². The highest BCUT2D eigenvalue weighted by Crippen LogP contribution is 2.28. The van der Waals surface area contributed by atoms with Crippen LogP contribution in [0.4, 0.5) is 10.1 Å². The third-order valence-electron chi connectivity index (χ3n) is 3.88. The molecule has 1 aromatic rings. The lowest BCUT2D eigenvalue weighted by Crippen LogP contribution is -2.38. The molecule has 1 fully saturated rings. The van der Waals surface area contributed by atoms with E-state index in [9.17, 15) is 22.9 Å². The summed E-state index contributed by atoms with van der Waals surface area (Å²) in [5.74, 6) is -1.04. The van der Waals surface area contributed by atoms with E-state index in [1.165, 1.54) is 11.4 Å². The van der Waals surface area contributed by atoms with E-state index >= 15 is 0 Å². The molecule has 8 heteroatoms. The molecule has 0 aliphatic heterocycles. The fraction of sp³-hybridized carbons (Fsp3) is 0.538. The van der Waals surface area contributed by atoms with Crippen LogP contribution in [0.5, 0.6) is 0 Å². The largest absolute Gasteiger partial charge is 0.306 e. The van der Waals surface area contributed by atoms with Gasteiger partial charge in [-0.15, -0.1) is 0 Å². The monoisotopic (exact) mass is 316 g/mol. The highest BCUT2D eigenvalue weighted by Gasteiger charge is 2.30. The fourth-order valence-corrected chi connectivity index (χ4v) is 4.04. The van der Waals surface area contributed by atoms with Crippen LogP contribution >= 0.6 is 0 Å². The second-order valence-electron chi connectivity index (χ2n) is 5.18. The number of nitro groups is 1. The number of nitrogens with zero attached hydrogens (tertiary/aromatic N) is 2. The van der Waals surface area contributed by atoms with E-state index in [1.54, 1.807) is 0 Å². The molecule has 0 radical (unpaired) electrons. The summed E-state index contributed by atoms with van der Waals surface area (Å²) < 4.78 is 39.6. The van der Waals surface area contributed by atoms with Crippen molar-refractivity contribution in [2.45, 2.75) is 43.0 Å². The highest BCUT2D eigenvalue weighted by molar-refractivity contribution is 7.89. The van der Waals surface area contributed by atoms with Crippen LogP contribution in [-0.4, -0.2) is 30.7 Å². The zero-order valence-electron chi connectivity index (χ0n) is 11.7. The van der Waals surface area contributed by atoms with Gasteiger partial charge in [-0.1, -0.05) is 19.3 Å². The van der Waals surface area contributed by atoms with E-state index in [1.807, 2.05) is 0 Å². The van der Waals surface area contributed by atoms with E-state index in [2.05, 4.69) is 0 Å². The highest BCUT2D eigenvalue weighted by atomic mass is 32.2. The molecule has 0 unspecified atom stereocenters. The molecule has 21 heavy (non-hydrogen) atoms. The van der Waals surface area contributed by atoms with Gasteiger partial charge in [0.15, 0.2) is 0 Å². The minimum atomic E-state index is -3.85. The van der Waals surface area contributed by atoms with Gasteiger partial charge in [0.1, 0.15) is 0 Å². The minimum Gasteiger partial charge on any atom is -0.258 e. The number of rotatable bonds is 4. The van der Waals surface area contributed by atoms with Crippen LogP contribution in [0.15, 0.2) is 23.1 Å². The Labute approximate surface area is 122 Å². The average Bonchev–Trinajstić information content (AvgIpc) is 2.47. The Bertz CT molecular complexity index is 642. The normalized spacial score (nSPS) is 17.1. The Morgan fingerprint density at radius 1 is 1.29 bits per heavy atom. The molecule has 1 saturated carbocycles. The fourth-order valence-electron chi connectivity index (χ4n) is 2.60. The van der Waals surface area contributed by atoms with Crippen LogP contribution in [0.1, 0.15) is 32.1 Å². The maximum atomic E-state index is 13.3. The van der Waals surface area contributed by atoms with Crippen molar-refractivity contribution in [2.75, 3.05) is 7.05 Å². The molecule has 0 aromatic heterocycles. The number of sulfonamides is 1. The van der Waals surface area contributed by atoms with Gasteiger partial charge in [0, 0.05) is 19.2 Å². The van der Waals surface area contributed by atoms with E-state index in [0.717, 1.165) is 50.3 Å². The summed E-state index contributed by atoms with van der Waals surface area (Å²) in [6.07, 6.45) is 4.58. The Hall–Kier alpha value is -1.54. The first-order valence-corrected chi connectivity index (χ1v) is 8.20. The van der Waals surface area contributed by atoms with Crippen molar-refractivity contribution in [3.63, 3.8) is 0 Å². The lowest BCUT2D eigenvalue weighted by Gasteiger charge is -2.30. The number of hydrogen-bond donors (Lipinski definition) is 0. The summed E-state index contributed by atoms with van der Waals surface area (Å²) >= 11 is 0. The molecule has 1 aromatic carbocycles. The zero-order chi connectivity index (χ0) is 15.6. The lowest BCUT2D eigenvalue weighted by molar-refractivity contribution is -0.387. The topological polar surface area (TPSA) is 80.5 Å². The third-order valence-corrected chi connectivity index (χ3v) is 5.79. The first-order chi connectivity index (χ1) is 9.84. The van der Waals surface area contributed by atoms with Crippen LogP contribution in [0.2, 0.25) is 0 Å².